The first-order valence-electron chi connectivity index (χ1n) is 10.4. The van der Waals surface area contributed by atoms with E-state index in [0.29, 0.717) is 41.7 Å². The van der Waals surface area contributed by atoms with Crippen molar-refractivity contribution in [3.05, 3.63) is 71.8 Å². The number of fused-ring (bicyclic) bond motifs is 2. The Kier molecular flexibility index (Phi) is 5.82. The van der Waals surface area contributed by atoms with Crippen LogP contribution in [0.3, 0.4) is 0 Å². The molecule has 0 aliphatic carbocycles. The number of hydrogen-bond donors (Lipinski definition) is 0. The SMILES string of the molecule is O=C(c1ccc2ccccc2c1)N(CCN1CCOCC1)c1nc2c(F)cc(F)cc2s1. The molecule has 0 N–H and O–H groups in total. The number of anilines is 1. The van der Waals surface area contributed by atoms with E-state index in [0.717, 1.165) is 41.3 Å². The molecule has 5 nitrogen and oxygen atoms in total. The molecule has 1 aromatic heterocycles. The van der Waals surface area contributed by atoms with Gasteiger partial charge in [0.05, 0.1) is 17.9 Å². The quantitative estimate of drug-likeness (QED) is 0.439. The standard InChI is InChI=1S/C24H21F2N3O2S/c25-19-14-20(26)22-21(15-19)32-24(27-22)29(8-7-28-9-11-31-12-10-28)23(30)18-6-5-16-3-1-2-4-17(16)13-18/h1-6,13-15H,7-12H2. The van der Waals surface area contributed by atoms with Gasteiger partial charge in [-0.3, -0.25) is 14.6 Å². The molecule has 32 heavy (non-hydrogen) atoms. The second-order valence-electron chi connectivity index (χ2n) is 7.70. The van der Waals surface area contributed by atoms with Crippen molar-refractivity contribution in [2.24, 2.45) is 0 Å². The summed E-state index contributed by atoms with van der Waals surface area (Å²) >= 11 is 1.12. The monoisotopic (exact) mass is 453 g/mol. The molecule has 0 radical (unpaired) electrons. The van der Waals surface area contributed by atoms with Gasteiger partial charge < -0.3 is 4.74 Å². The Morgan fingerprint density at radius 1 is 1.06 bits per heavy atom. The van der Waals surface area contributed by atoms with Gasteiger partial charge in [0.15, 0.2) is 10.9 Å². The van der Waals surface area contributed by atoms with Gasteiger partial charge in [-0.05, 0) is 29.0 Å². The van der Waals surface area contributed by atoms with Crippen LogP contribution in [0.4, 0.5) is 13.9 Å². The Bertz CT molecular complexity index is 1290. The maximum atomic E-state index is 14.3. The topological polar surface area (TPSA) is 45.7 Å². The number of nitrogens with zero attached hydrogens (tertiary/aromatic N) is 3. The lowest BCUT2D eigenvalue weighted by molar-refractivity contribution is 0.0391. The number of morpholine rings is 1. The number of ether oxygens (including phenoxy) is 1. The number of carbonyl (C=O) groups excluding carboxylic acids is 1. The highest BCUT2D eigenvalue weighted by Crippen LogP contribution is 2.32. The van der Waals surface area contributed by atoms with Gasteiger partial charge in [0.2, 0.25) is 0 Å². The van der Waals surface area contributed by atoms with Crippen LogP contribution in [0.15, 0.2) is 54.6 Å². The third-order valence-corrected chi connectivity index (χ3v) is 6.64. The third kappa shape index (κ3) is 4.21. The van der Waals surface area contributed by atoms with Crippen molar-refractivity contribution < 1.29 is 18.3 Å². The molecule has 1 aliphatic heterocycles. The average Bonchev–Trinajstić information content (AvgIpc) is 3.23. The predicted molar refractivity (Wildman–Crippen MR) is 122 cm³/mol. The van der Waals surface area contributed by atoms with Crippen LogP contribution < -0.4 is 4.90 Å². The van der Waals surface area contributed by atoms with Gasteiger partial charge in [-0.15, -0.1) is 0 Å². The molecule has 1 aliphatic rings. The zero-order valence-electron chi connectivity index (χ0n) is 17.3. The van der Waals surface area contributed by atoms with Crippen molar-refractivity contribution in [1.29, 1.82) is 0 Å². The minimum atomic E-state index is -0.728. The van der Waals surface area contributed by atoms with Gasteiger partial charge in [0, 0.05) is 37.8 Å². The highest BCUT2D eigenvalue weighted by Gasteiger charge is 2.24. The summed E-state index contributed by atoms with van der Waals surface area (Å²) in [6.07, 6.45) is 0. The lowest BCUT2D eigenvalue weighted by Crippen LogP contribution is -2.43. The van der Waals surface area contributed by atoms with E-state index in [1.807, 2.05) is 36.4 Å². The Balaban J connectivity index is 1.50. The molecule has 0 saturated carbocycles. The molecule has 1 fully saturated rings. The largest absolute Gasteiger partial charge is 0.379 e. The second-order valence-corrected chi connectivity index (χ2v) is 8.71. The lowest BCUT2D eigenvalue weighted by atomic mass is 10.1. The second kappa shape index (κ2) is 8.90. The maximum absolute atomic E-state index is 14.3. The van der Waals surface area contributed by atoms with E-state index in [9.17, 15) is 13.6 Å². The van der Waals surface area contributed by atoms with E-state index >= 15 is 0 Å². The first-order chi connectivity index (χ1) is 15.6. The van der Waals surface area contributed by atoms with Crippen molar-refractivity contribution in [1.82, 2.24) is 9.88 Å². The molecule has 0 spiro atoms. The molecule has 1 amide bonds. The van der Waals surface area contributed by atoms with Crippen LogP contribution in [-0.4, -0.2) is 55.2 Å². The highest BCUT2D eigenvalue weighted by molar-refractivity contribution is 7.22. The van der Waals surface area contributed by atoms with E-state index in [-0.39, 0.29) is 11.4 Å². The fourth-order valence-electron chi connectivity index (χ4n) is 3.89. The minimum absolute atomic E-state index is 0.0779. The van der Waals surface area contributed by atoms with Gasteiger partial charge in [-0.2, -0.15) is 0 Å². The molecular formula is C24H21F2N3O2S. The smallest absolute Gasteiger partial charge is 0.260 e. The zero-order valence-corrected chi connectivity index (χ0v) is 18.1. The normalized spacial score (nSPS) is 14.8. The first-order valence-corrected chi connectivity index (χ1v) is 11.3. The van der Waals surface area contributed by atoms with E-state index < -0.39 is 11.6 Å². The molecule has 1 saturated heterocycles. The van der Waals surface area contributed by atoms with E-state index in [1.165, 1.54) is 6.07 Å². The minimum Gasteiger partial charge on any atom is -0.379 e. The van der Waals surface area contributed by atoms with Crippen LogP contribution in [0, 0.1) is 11.6 Å². The van der Waals surface area contributed by atoms with Gasteiger partial charge in [-0.25, -0.2) is 13.8 Å². The zero-order chi connectivity index (χ0) is 22.1. The summed E-state index contributed by atoms with van der Waals surface area (Å²) < 4.78 is 33.8. The van der Waals surface area contributed by atoms with Crippen LogP contribution in [0.1, 0.15) is 10.4 Å². The fourth-order valence-corrected chi connectivity index (χ4v) is 4.92. The van der Waals surface area contributed by atoms with Crippen LogP contribution in [0.2, 0.25) is 0 Å². The highest BCUT2D eigenvalue weighted by atomic mass is 32.1. The summed E-state index contributed by atoms with van der Waals surface area (Å²) in [7, 11) is 0. The van der Waals surface area contributed by atoms with Gasteiger partial charge in [0.1, 0.15) is 11.3 Å². The van der Waals surface area contributed by atoms with E-state index in [4.69, 9.17) is 4.74 Å². The number of carbonyl (C=O) groups is 1. The van der Waals surface area contributed by atoms with E-state index in [2.05, 4.69) is 9.88 Å². The summed E-state index contributed by atoms with van der Waals surface area (Å²) in [5.74, 6) is -1.61. The molecular weight excluding hydrogens is 432 g/mol. The van der Waals surface area contributed by atoms with Crippen LogP contribution in [0.25, 0.3) is 21.0 Å². The number of aromatic nitrogens is 1. The van der Waals surface area contributed by atoms with Crippen LogP contribution in [-0.2, 0) is 4.74 Å². The van der Waals surface area contributed by atoms with Crippen molar-refractivity contribution in [3.63, 3.8) is 0 Å². The predicted octanol–water partition coefficient (Wildman–Crippen LogP) is 4.71. The van der Waals surface area contributed by atoms with Crippen molar-refractivity contribution >= 4 is 43.4 Å². The van der Waals surface area contributed by atoms with Gasteiger partial charge in [-0.1, -0.05) is 41.7 Å². The molecule has 8 heteroatoms. The van der Waals surface area contributed by atoms with Gasteiger partial charge in [0.25, 0.3) is 5.91 Å². The van der Waals surface area contributed by atoms with Crippen LogP contribution in [0.5, 0.6) is 0 Å². The molecule has 0 bridgehead atoms. The maximum Gasteiger partial charge on any atom is 0.260 e. The van der Waals surface area contributed by atoms with Gasteiger partial charge >= 0.3 is 0 Å². The average molecular weight is 454 g/mol. The van der Waals surface area contributed by atoms with Crippen molar-refractivity contribution in [3.8, 4) is 0 Å². The number of rotatable bonds is 5. The molecule has 0 unspecified atom stereocenters. The summed E-state index contributed by atoms with van der Waals surface area (Å²) in [5, 5.41) is 2.36. The molecule has 2 heterocycles. The number of amides is 1. The number of halogens is 2. The molecule has 5 rings (SSSR count). The molecule has 4 aromatic rings. The molecule has 3 aromatic carbocycles. The Hall–Kier alpha value is -2.94. The Labute approximate surface area is 187 Å². The number of thiazole rings is 1. The van der Waals surface area contributed by atoms with Crippen LogP contribution >= 0.6 is 11.3 Å². The Morgan fingerprint density at radius 3 is 2.66 bits per heavy atom. The summed E-state index contributed by atoms with van der Waals surface area (Å²) in [6.45, 7) is 3.91. The first kappa shape index (κ1) is 20.9. The number of hydrogen-bond acceptors (Lipinski definition) is 5. The van der Waals surface area contributed by atoms with E-state index in [1.54, 1.807) is 11.0 Å². The summed E-state index contributed by atoms with van der Waals surface area (Å²) in [4.78, 5) is 21.7. The fraction of sp³-hybridized carbons (Fsp3) is 0.250. The molecule has 164 valence electrons. The van der Waals surface area contributed by atoms with Crippen molar-refractivity contribution in [2.75, 3.05) is 44.3 Å². The Morgan fingerprint density at radius 2 is 1.84 bits per heavy atom. The third-order valence-electron chi connectivity index (χ3n) is 5.62. The van der Waals surface area contributed by atoms with Crippen molar-refractivity contribution in [2.45, 2.75) is 0 Å². The summed E-state index contributed by atoms with van der Waals surface area (Å²) in [6, 6.07) is 15.5. The lowest BCUT2D eigenvalue weighted by Gasteiger charge is -2.29. The summed E-state index contributed by atoms with van der Waals surface area (Å²) in [5.41, 5.74) is 0.602. The molecule has 0 atom stereocenters. The number of benzene rings is 3.